The van der Waals surface area contributed by atoms with Crippen LogP contribution in [0.15, 0.2) is 24.3 Å². The third-order valence-corrected chi connectivity index (χ3v) is 4.98. The average Bonchev–Trinajstić information content (AvgIpc) is 3.32. The van der Waals surface area contributed by atoms with Crippen LogP contribution in [0.1, 0.15) is 36.5 Å². The van der Waals surface area contributed by atoms with Crippen LogP contribution < -0.4 is 5.32 Å². The van der Waals surface area contributed by atoms with Crippen LogP contribution in [-0.4, -0.2) is 40.9 Å². The molecule has 3 rings (SSSR count). The number of carbonyl (C=O) groups excluding carboxylic acids is 2. The fraction of sp³-hybridized carbons (Fsp3) is 0.500. The molecule has 1 saturated heterocycles. The van der Waals surface area contributed by atoms with Crippen molar-refractivity contribution < 1.29 is 19.5 Å². The Balaban J connectivity index is 1.56. The van der Waals surface area contributed by atoms with E-state index in [4.69, 9.17) is 5.11 Å². The van der Waals surface area contributed by atoms with Gasteiger partial charge in [-0.25, -0.2) is 0 Å². The van der Waals surface area contributed by atoms with Crippen molar-refractivity contribution in [3.63, 3.8) is 0 Å². The zero-order chi connectivity index (χ0) is 17.3. The number of carbonyl (C=O) groups is 3. The second kappa shape index (κ2) is 6.63. The molecule has 1 aliphatic heterocycles. The average molecular weight is 330 g/mol. The van der Waals surface area contributed by atoms with Gasteiger partial charge in [0.15, 0.2) is 0 Å². The van der Waals surface area contributed by atoms with Gasteiger partial charge < -0.3 is 15.3 Å². The standard InChI is InChI=1S/C18H22N2O4/c1-11-10-15(11)16(21)19-14-4-2-12(3-5-14)17(22)20-8-6-13(7-9-20)18(23)24/h2-5,11,13,15H,6-10H2,1H3,(H,19,21)(H,23,24)/t11-,15+/m0/s1. The Morgan fingerprint density at radius 3 is 2.21 bits per heavy atom. The number of likely N-dealkylation sites (tertiary alicyclic amines) is 1. The lowest BCUT2D eigenvalue weighted by atomic mass is 9.96. The monoisotopic (exact) mass is 330 g/mol. The molecule has 2 amide bonds. The first-order chi connectivity index (χ1) is 11.5. The zero-order valence-corrected chi connectivity index (χ0v) is 13.7. The van der Waals surface area contributed by atoms with E-state index in [1.54, 1.807) is 29.2 Å². The summed E-state index contributed by atoms with van der Waals surface area (Å²) in [5.41, 5.74) is 1.25. The molecule has 0 unspecified atom stereocenters. The Labute approximate surface area is 140 Å². The molecule has 1 aromatic rings. The number of amides is 2. The summed E-state index contributed by atoms with van der Waals surface area (Å²) in [4.78, 5) is 37.0. The van der Waals surface area contributed by atoms with Gasteiger partial charge >= 0.3 is 5.97 Å². The van der Waals surface area contributed by atoms with Gasteiger partial charge in [0.2, 0.25) is 5.91 Å². The van der Waals surface area contributed by atoms with Crippen LogP contribution in [0.3, 0.4) is 0 Å². The Bertz CT molecular complexity index is 647. The lowest BCUT2D eigenvalue weighted by Gasteiger charge is -2.30. The van der Waals surface area contributed by atoms with Crippen molar-refractivity contribution in [3.8, 4) is 0 Å². The minimum absolute atomic E-state index is 0.0392. The summed E-state index contributed by atoms with van der Waals surface area (Å²) < 4.78 is 0. The molecule has 1 saturated carbocycles. The van der Waals surface area contributed by atoms with Gasteiger partial charge in [0.1, 0.15) is 0 Å². The summed E-state index contributed by atoms with van der Waals surface area (Å²) in [6.07, 6.45) is 1.93. The van der Waals surface area contributed by atoms with Crippen molar-refractivity contribution in [3.05, 3.63) is 29.8 Å². The molecule has 1 aromatic carbocycles. The Morgan fingerprint density at radius 1 is 1.12 bits per heavy atom. The molecule has 24 heavy (non-hydrogen) atoms. The lowest BCUT2D eigenvalue weighted by Crippen LogP contribution is -2.40. The molecule has 0 bridgehead atoms. The number of benzene rings is 1. The van der Waals surface area contributed by atoms with Crippen molar-refractivity contribution in [2.45, 2.75) is 26.2 Å². The van der Waals surface area contributed by atoms with Crippen molar-refractivity contribution in [2.75, 3.05) is 18.4 Å². The van der Waals surface area contributed by atoms with E-state index in [1.807, 2.05) is 0 Å². The molecule has 6 nitrogen and oxygen atoms in total. The van der Waals surface area contributed by atoms with Crippen LogP contribution in [0.2, 0.25) is 0 Å². The maximum absolute atomic E-state index is 12.5. The van der Waals surface area contributed by atoms with Crippen molar-refractivity contribution in [1.82, 2.24) is 4.90 Å². The Morgan fingerprint density at radius 2 is 1.71 bits per heavy atom. The number of nitrogens with zero attached hydrogens (tertiary/aromatic N) is 1. The van der Waals surface area contributed by atoms with Gasteiger partial charge in [0.25, 0.3) is 5.91 Å². The predicted molar refractivity (Wildman–Crippen MR) is 88.6 cm³/mol. The first-order valence-electron chi connectivity index (χ1n) is 8.38. The number of aliphatic carboxylic acids is 1. The highest BCUT2D eigenvalue weighted by molar-refractivity contribution is 5.97. The van der Waals surface area contributed by atoms with Crippen LogP contribution in [0.25, 0.3) is 0 Å². The molecule has 2 N–H and O–H groups in total. The summed E-state index contributed by atoms with van der Waals surface area (Å²) in [5, 5.41) is 11.9. The van der Waals surface area contributed by atoms with E-state index in [2.05, 4.69) is 12.2 Å². The van der Waals surface area contributed by atoms with Crippen molar-refractivity contribution in [2.24, 2.45) is 17.8 Å². The number of hydrogen-bond donors (Lipinski definition) is 2. The molecule has 2 fully saturated rings. The largest absolute Gasteiger partial charge is 0.481 e. The first-order valence-corrected chi connectivity index (χ1v) is 8.38. The van der Waals surface area contributed by atoms with Gasteiger partial charge in [-0.15, -0.1) is 0 Å². The summed E-state index contributed by atoms with van der Waals surface area (Å²) >= 11 is 0. The van der Waals surface area contributed by atoms with Crippen LogP contribution in [-0.2, 0) is 9.59 Å². The molecule has 0 spiro atoms. The smallest absolute Gasteiger partial charge is 0.306 e. The molecule has 0 aromatic heterocycles. The molecule has 2 aliphatic rings. The van der Waals surface area contributed by atoms with E-state index in [1.165, 1.54) is 0 Å². The highest BCUT2D eigenvalue weighted by Crippen LogP contribution is 2.38. The van der Waals surface area contributed by atoms with E-state index >= 15 is 0 Å². The van der Waals surface area contributed by atoms with Gasteiger partial charge in [-0.3, -0.25) is 14.4 Å². The van der Waals surface area contributed by atoms with Gasteiger partial charge in [-0.2, -0.15) is 0 Å². The predicted octanol–water partition coefficient (Wildman–Crippen LogP) is 2.22. The first kappa shape index (κ1) is 16.5. The van der Waals surface area contributed by atoms with Gasteiger partial charge in [-0.1, -0.05) is 6.92 Å². The van der Waals surface area contributed by atoms with E-state index in [-0.39, 0.29) is 23.7 Å². The quantitative estimate of drug-likeness (QED) is 0.886. The normalized spacial score (nSPS) is 23.6. The van der Waals surface area contributed by atoms with E-state index in [9.17, 15) is 14.4 Å². The van der Waals surface area contributed by atoms with Gasteiger partial charge in [0, 0.05) is 30.3 Å². The van der Waals surface area contributed by atoms with Crippen LogP contribution in [0, 0.1) is 17.8 Å². The van der Waals surface area contributed by atoms with E-state index < -0.39 is 5.97 Å². The van der Waals surface area contributed by atoms with E-state index in [0.717, 1.165) is 6.42 Å². The summed E-state index contributed by atoms with van der Waals surface area (Å²) in [5.74, 6) is -0.616. The van der Waals surface area contributed by atoms with Crippen LogP contribution >= 0.6 is 0 Å². The maximum atomic E-state index is 12.5. The number of anilines is 1. The fourth-order valence-electron chi connectivity index (χ4n) is 3.13. The summed E-state index contributed by atoms with van der Waals surface area (Å²) in [6.45, 7) is 2.99. The lowest BCUT2D eigenvalue weighted by molar-refractivity contribution is -0.143. The molecule has 1 aliphatic carbocycles. The number of carboxylic acids is 1. The topological polar surface area (TPSA) is 86.7 Å². The van der Waals surface area contributed by atoms with Crippen LogP contribution in [0.4, 0.5) is 5.69 Å². The zero-order valence-electron chi connectivity index (χ0n) is 13.7. The molecule has 1 heterocycles. The molecule has 2 atom stereocenters. The summed E-state index contributed by atoms with van der Waals surface area (Å²) in [6, 6.07) is 6.89. The Kier molecular flexibility index (Phi) is 4.55. The van der Waals surface area contributed by atoms with E-state index in [0.29, 0.717) is 43.1 Å². The van der Waals surface area contributed by atoms with Crippen molar-refractivity contribution >= 4 is 23.5 Å². The SMILES string of the molecule is C[C@H]1C[C@H]1C(=O)Nc1ccc(C(=O)N2CCC(C(=O)O)CC2)cc1. The molecule has 128 valence electrons. The molecule has 6 heteroatoms. The summed E-state index contributed by atoms with van der Waals surface area (Å²) in [7, 11) is 0. The number of nitrogens with one attached hydrogen (secondary N) is 1. The maximum Gasteiger partial charge on any atom is 0.306 e. The second-order valence-corrected chi connectivity index (χ2v) is 6.79. The fourth-order valence-corrected chi connectivity index (χ4v) is 3.13. The van der Waals surface area contributed by atoms with Crippen molar-refractivity contribution in [1.29, 1.82) is 0 Å². The molecular formula is C18H22N2O4. The highest BCUT2D eigenvalue weighted by Gasteiger charge is 2.39. The third kappa shape index (κ3) is 3.58. The molecule has 0 radical (unpaired) electrons. The van der Waals surface area contributed by atoms with Gasteiger partial charge in [-0.05, 0) is 49.4 Å². The molecular weight excluding hydrogens is 308 g/mol. The minimum Gasteiger partial charge on any atom is -0.481 e. The Hall–Kier alpha value is -2.37. The second-order valence-electron chi connectivity index (χ2n) is 6.79. The van der Waals surface area contributed by atoms with Gasteiger partial charge in [0.05, 0.1) is 5.92 Å². The number of hydrogen-bond acceptors (Lipinski definition) is 3. The highest BCUT2D eigenvalue weighted by atomic mass is 16.4. The third-order valence-electron chi connectivity index (χ3n) is 4.98. The number of rotatable bonds is 4. The number of carboxylic acid groups (broad SMARTS) is 1. The number of piperidine rings is 1. The van der Waals surface area contributed by atoms with Crippen LogP contribution in [0.5, 0.6) is 0 Å². The minimum atomic E-state index is -0.785.